The topological polar surface area (TPSA) is 101 Å². The summed E-state index contributed by atoms with van der Waals surface area (Å²) < 4.78 is 7.41. The second kappa shape index (κ2) is 12.6. The minimum absolute atomic E-state index is 0.00946. The Kier molecular flexibility index (Phi) is 8.68. The lowest BCUT2D eigenvalue weighted by Crippen LogP contribution is -2.48. The Morgan fingerprint density at radius 1 is 1.02 bits per heavy atom. The number of aromatic nitrogens is 3. The van der Waals surface area contributed by atoms with Gasteiger partial charge < -0.3 is 19.9 Å². The van der Waals surface area contributed by atoms with Gasteiger partial charge >= 0.3 is 6.09 Å². The third kappa shape index (κ3) is 7.82. The maximum atomic E-state index is 13.3. The average molecular weight is 567 g/mol. The molecular formula is C33H38N6O3. The molecule has 4 aromatic rings. The second-order valence-electron chi connectivity index (χ2n) is 11.8. The van der Waals surface area contributed by atoms with Gasteiger partial charge in [0.25, 0.3) is 5.91 Å². The number of benzene rings is 2. The summed E-state index contributed by atoms with van der Waals surface area (Å²) in [5.74, 6) is -0.280. The van der Waals surface area contributed by atoms with Gasteiger partial charge in [-0.05, 0) is 94.1 Å². The summed E-state index contributed by atoms with van der Waals surface area (Å²) in [5, 5.41) is 6.08. The van der Waals surface area contributed by atoms with E-state index in [0.29, 0.717) is 24.5 Å². The number of alkyl carbamates (subject to hydrolysis) is 1. The van der Waals surface area contributed by atoms with Crippen molar-refractivity contribution < 1.29 is 14.3 Å². The van der Waals surface area contributed by atoms with Gasteiger partial charge in [0.05, 0.1) is 12.0 Å². The first kappa shape index (κ1) is 29.0. The molecule has 1 atom stereocenters. The van der Waals surface area contributed by atoms with Crippen molar-refractivity contribution in [2.24, 2.45) is 0 Å². The van der Waals surface area contributed by atoms with Crippen molar-refractivity contribution in [1.82, 2.24) is 24.8 Å². The molecule has 1 aliphatic heterocycles. The number of pyridine rings is 1. The molecule has 1 aliphatic rings. The Morgan fingerprint density at radius 2 is 1.83 bits per heavy atom. The standard InChI is InChI=1S/C33H38N6O3/c1-23-19-39(22-35-23)29-16-24(20-38-14-8-11-27(21-38)37-32(41)42-33(2,3)4)15-28(18-29)36-31(40)30-17-26(12-13-34-30)25-9-6-5-7-10-25/h5-7,9-10,12-13,15-19,22,27H,8,11,14,20-21H2,1-4H3,(H,36,40)(H,37,41). The van der Waals surface area contributed by atoms with Gasteiger partial charge in [0.2, 0.25) is 0 Å². The van der Waals surface area contributed by atoms with Crippen LogP contribution in [0, 0.1) is 6.92 Å². The van der Waals surface area contributed by atoms with Gasteiger partial charge in [-0.2, -0.15) is 0 Å². The summed E-state index contributed by atoms with van der Waals surface area (Å²) in [5.41, 5.74) is 5.27. The van der Waals surface area contributed by atoms with Crippen molar-refractivity contribution in [1.29, 1.82) is 0 Å². The third-order valence-electron chi connectivity index (χ3n) is 6.98. The first-order chi connectivity index (χ1) is 20.1. The van der Waals surface area contributed by atoms with E-state index in [1.807, 2.05) is 87.0 Å². The number of carbonyl (C=O) groups is 2. The molecular weight excluding hydrogens is 528 g/mol. The number of likely N-dealkylation sites (tertiary alicyclic amines) is 1. The normalized spacial score (nSPS) is 15.7. The van der Waals surface area contributed by atoms with Crippen molar-refractivity contribution in [3.8, 4) is 16.8 Å². The van der Waals surface area contributed by atoms with E-state index in [2.05, 4.69) is 31.6 Å². The molecule has 0 aliphatic carbocycles. The van der Waals surface area contributed by atoms with E-state index in [1.165, 1.54) is 0 Å². The molecule has 0 spiro atoms. The molecule has 0 bridgehead atoms. The first-order valence-corrected chi connectivity index (χ1v) is 14.3. The van der Waals surface area contributed by atoms with Crippen LogP contribution in [0.1, 0.15) is 55.4 Å². The highest BCUT2D eigenvalue weighted by Gasteiger charge is 2.24. The molecule has 42 heavy (non-hydrogen) atoms. The van der Waals surface area contributed by atoms with Crippen LogP contribution in [0.2, 0.25) is 0 Å². The minimum atomic E-state index is -0.538. The van der Waals surface area contributed by atoms with E-state index < -0.39 is 5.60 Å². The highest BCUT2D eigenvalue weighted by Crippen LogP contribution is 2.24. The van der Waals surface area contributed by atoms with Crippen LogP contribution in [0.15, 0.2) is 79.4 Å². The zero-order valence-electron chi connectivity index (χ0n) is 24.6. The fraction of sp³-hybridized carbons (Fsp3) is 0.333. The van der Waals surface area contributed by atoms with Crippen LogP contribution in [0.4, 0.5) is 10.5 Å². The fourth-order valence-corrected chi connectivity index (χ4v) is 5.16. The highest BCUT2D eigenvalue weighted by molar-refractivity contribution is 6.03. The third-order valence-corrected chi connectivity index (χ3v) is 6.98. The van der Waals surface area contributed by atoms with Gasteiger partial charge in [-0.15, -0.1) is 0 Å². The van der Waals surface area contributed by atoms with Crippen LogP contribution in [0.25, 0.3) is 16.8 Å². The zero-order valence-corrected chi connectivity index (χ0v) is 24.6. The van der Waals surface area contributed by atoms with Crippen LogP contribution in [0.3, 0.4) is 0 Å². The predicted octanol–water partition coefficient (Wildman–Crippen LogP) is 5.98. The molecule has 1 fully saturated rings. The molecule has 0 saturated carbocycles. The van der Waals surface area contributed by atoms with Crippen molar-refractivity contribution in [3.05, 3.63) is 96.3 Å². The van der Waals surface area contributed by atoms with Gasteiger partial charge in [0.1, 0.15) is 11.3 Å². The van der Waals surface area contributed by atoms with Gasteiger partial charge in [-0.3, -0.25) is 14.7 Å². The number of piperidine rings is 1. The van der Waals surface area contributed by atoms with E-state index in [1.54, 1.807) is 18.6 Å². The van der Waals surface area contributed by atoms with Crippen LogP contribution >= 0.6 is 0 Å². The maximum absolute atomic E-state index is 13.3. The molecule has 1 unspecified atom stereocenters. The molecule has 9 heteroatoms. The van der Waals surface area contributed by atoms with Crippen LogP contribution in [-0.4, -0.2) is 56.2 Å². The Balaban J connectivity index is 1.34. The van der Waals surface area contributed by atoms with Gasteiger partial charge in [0.15, 0.2) is 0 Å². The molecule has 2 aromatic carbocycles. The zero-order chi connectivity index (χ0) is 29.7. The summed E-state index contributed by atoms with van der Waals surface area (Å²) in [6.45, 7) is 9.83. The number of hydrogen-bond donors (Lipinski definition) is 2. The number of nitrogens with one attached hydrogen (secondary N) is 2. The summed E-state index contributed by atoms with van der Waals surface area (Å²) in [6, 6.07) is 19.7. The van der Waals surface area contributed by atoms with Crippen LogP contribution in [-0.2, 0) is 11.3 Å². The van der Waals surface area contributed by atoms with Crippen molar-refractivity contribution >= 4 is 17.7 Å². The Bertz CT molecular complexity index is 1540. The lowest BCUT2D eigenvalue weighted by atomic mass is 10.0. The quantitative estimate of drug-likeness (QED) is 0.285. The predicted molar refractivity (Wildman–Crippen MR) is 164 cm³/mol. The second-order valence-corrected chi connectivity index (χ2v) is 11.8. The summed E-state index contributed by atoms with van der Waals surface area (Å²) in [4.78, 5) is 36.7. The van der Waals surface area contributed by atoms with Crippen molar-refractivity contribution in [2.45, 2.75) is 58.7 Å². The van der Waals surface area contributed by atoms with Gasteiger partial charge in [0, 0.05) is 42.9 Å². The number of ether oxygens (including phenoxy) is 1. The molecule has 0 radical (unpaired) electrons. The highest BCUT2D eigenvalue weighted by atomic mass is 16.6. The number of amides is 2. The Labute approximate surface area is 246 Å². The number of imidazole rings is 1. The molecule has 9 nitrogen and oxygen atoms in total. The average Bonchev–Trinajstić information content (AvgIpc) is 3.39. The van der Waals surface area contributed by atoms with Crippen molar-refractivity contribution in [3.63, 3.8) is 0 Å². The molecule has 2 amide bonds. The van der Waals surface area contributed by atoms with E-state index in [0.717, 1.165) is 47.5 Å². The Morgan fingerprint density at radius 3 is 2.57 bits per heavy atom. The molecule has 2 N–H and O–H groups in total. The summed E-state index contributed by atoms with van der Waals surface area (Å²) in [6.07, 6.45) is 6.87. The monoisotopic (exact) mass is 566 g/mol. The SMILES string of the molecule is Cc1cn(-c2cc(CN3CCCC(NC(=O)OC(C)(C)C)C3)cc(NC(=O)c3cc(-c4ccccc4)ccn3)c2)cn1. The van der Waals surface area contributed by atoms with E-state index >= 15 is 0 Å². The smallest absolute Gasteiger partial charge is 0.407 e. The lowest BCUT2D eigenvalue weighted by molar-refractivity contribution is 0.0470. The molecule has 1 saturated heterocycles. The molecule has 5 rings (SSSR count). The van der Waals surface area contributed by atoms with Gasteiger partial charge in [-0.25, -0.2) is 9.78 Å². The molecule has 2 aromatic heterocycles. The lowest BCUT2D eigenvalue weighted by Gasteiger charge is -2.33. The summed E-state index contributed by atoms with van der Waals surface area (Å²) in [7, 11) is 0. The molecule has 218 valence electrons. The number of carbonyl (C=O) groups excluding carboxylic acids is 2. The minimum Gasteiger partial charge on any atom is -0.444 e. The van der Waals surface area contributed by atoms with E-state index in [9.17, 15) is 9.59 Å². The van der Waals surface area contributed by atoms with E-state index in [-0.39, 0.29) is 18.0 Å². The van der Waals surface area contributed by atoms with Crippen molar-refractivity contribution in [2.75, 3.05) is 18.4 Å². The number of aryl methyl sites for hydroxylation is 1. The summed E-state index contributed by atoms with van der Waals surface area (Å²) >= 11 is 0. The number of nitrogens with zero attached hydrogens (tertiary/aromatic N) is 4. The Hall–Kier alpha value is -4.50. The number of hydrogen-bond acceptors (Lipinski definition) is 6. The van der Waals surface area contributed by atoms with E-state index in [4.69, 9.17) is 4.74 Å². The van der Waals surface area contributed by atoms with Crippen LogP contribution < -0.4 is 10.6 Å². The first-order valence-electron chi connectivity index (χ1n) is 14.3. The number of rotatable bonds is 7. The fourth-order valence-electron chi connectivity index (χ4n) is 5.16. The maximum Gasteiger partial charge on any atom is 0.407 e. The van der Waals surface area contributed by atoms with Crippen LogP contribution in [0.5, 0.6) is 0 Å². The largest absolute Gasteiger partial charge is 0.444 e. The van der Waals surface area contributed by atoms with Gasteiger partial charge in [-0.1, -0.05) is 30.3 Å². The number of anilines is 1. The molecule has 3 heterocycles.